The van der Waals surface area contributed by atoms with Gasteiger partial charge in [-0.05, 0) is 30.0 Å². The fourth-order valence-electron chi connectivity index (χ4n) is 1.05. The van der Waals surface area contributed by atoms with Crippen molar-refractivity contribution in [2.45, 2.75) is 19.3 Å². The van der Waals surface area contributed by atoms with E-state index in [0.29, 0.717) is 5.92 Å². The van der Waals surface area contributed by atoms with E-state index >= 15 is 0 Å². The quantitative estimate of drug-likeness (QED) is 0.711. The van der Waals surface area contributed by atoms with Crippen molar-refractivity contribution in [1.82, 2.24) is 4.98 Å². The van der Waals surface area contributed by atoms with Crippen LogP contribution in [0.4, 0.5) is 0 Å². The van der Waals surface area contributed by atoms with Gasteiger partial charge < -0.3 is 5.11 Å². The second kappa shape index (κ2) is 4.09. The van der Waals surface area contributed by atoms with Crippen LogP contribution in [-0.2, 0) is 0 Å². The summed E-state index contributed by atoms with van der Waals surface area (Å²) in [6.45, 7) is 2.36. The molecule has 0 aromatic carbocycles. The maximum absolute atomic E-state index is 8.68. The molecule has 1 unspecified atom stereocenters. The number of aliphatic hydroxyl groups is 1. The molecular weight excluding hydrogens is 138 g/mol. The van der Waals surface area contributed by atoms with Gasteiger partial charge in [0.1, 0.15) is 0 Å². The molecular formula is C9H13NO. The summed E-state index contributed by atoms with van der Waals surface area (Å²) in [6.07, 6.45) is 4.39. The van der Waals surface area contributed by atoms with E-state index in [2.05, 4.69) is 11.9 Å². The molecule has 1 atom stereocenters. The predicted molar refractivity (Wildman–Crippen MR) is 44.4 cm³/mol. The van der Waals surface area contributed by atoms with Crippen LogP contribution in [0.5, 0.6) is 0 Å². The van der Waals surface area contributed by atoms with E-state index in [9.17, 15) is 0 Å². The zero-order chi connectivity index (χ0) is 8.10. The zero-order valence-electron chi connectivity index (χ0n) is 6.70. The Balaban J connectivity index is 2.61. The van der Waals surface area contributed by atoms with Gasteiger partial charge in [-0.1, -0.05) is 6.92 Å². The Morgan fingerprint density at radius 3 is 2.64 bits per heavy atom. The van der Waals surface area contributed by atoms with Gasteiger partial charge in [-0.25, -0.2) is 0 Å². The fourth-order valence-corrected chi connectivity index (χ4v) is 1.05. The smallest absolute Gasteiger partial charge is 0.0436 e. The monoisotopic (exact) mass is 151 g/mol. The first kappa shape index (κ1) is 8.21. The first-order chi connectivity index (χ1) is 5.34. The molecule has 0 bridgehead atoms. The Morgan fingerprint density at radius 2 is 2.09 bits per heavy atom. The molecule has 0 saturated heterocycles. The minimum atomic E-state index is 0.253. The minimum Gasteiger partial charge on any atom is -0.396 e. The van der Waals surface area contributed by atoms with Crippen molar-refractivity contribution in [2.75, 3.05) is 6.61 Å². The average molecular weight is 151 g/mol. The number of hydrogen-bond acceptors (Lipinski definition) is 2. The highest BCUT2D eigenvalue weighted by Gasteiger charge is 2.02. The molecule has 0 amide bonds. The van der Waals surface area contributed by atoms with E-state index < -0.39 is 0 Å². The van der Waals surface area contributed by atoms with Crippen molar-refractivity contribution < 1.29 is 5.11 Å². The molecule has 2 heteroatoms. The first-order valence-electron chi connectivity index (χ1n) is 3.85. The standard InChI is InChI=1S/C9H13NO/c1-8(4-7-11)9-2-5-10-6-3-9/h2-3,5-6,8,11H,4,7H2,1H3. The molecule has 1 N–H and O–H groups in total. The van der Waals surface area contributed by atoms with Gasteiger partial charge in [0.05, 0.1) is 0 Å². The Morgan fingerprint density at radius 1 is 1.45 bits per heavy atom. The van der Waals surface area contributed by atoms with Crippen LogP contribution >= 0.6 is 0 Å². The van der Waals surface area contributed by atoms with Gasteiger partial charge in [-0.15, -0.1) is 0 Å². The molecule has 2 nitrogen and oxygen atoms in total. The average Bonchev–Trinajstić information content (AvgIpc) is 2.07. The van der Waals surface area contributed by atoms with E-state index in [1.165, 1.54) is 5.56 Å². The van der Waals surface area contributed by atoms with Gasteiger partial charge in [0.2, 0.25) is 0 Å². The molecule has 1 aromatic rings. The number of rotatable bonds is 3. The maximum Gasteiger partial charge on any atom is 0.0436 e. The van der Waals surface area contributed by atoms with Crippen LogP contribution < -0.4 is 0 Å². The molecule has 60 valence electrons. The summed E-state index contributed by atoms with van der Waals surface area (Å²) in [4.78, 5) is 3.93. The summed E-state index contributed by atoms with van der Waals surface area (Å²) >= 11 is 0. The van der Waals surface area contributed by atoms with Crippen molar-refractivity contribution in [3.63, 3.8) is 0 Å². The van der Waals surface area contributed by atoms with Crippen LogP contribution in [0.1, 0.15) is 24.8 Å². The third-order valence-corrected chi connectivity index (χ3v) is 1.84. The molecule has 0 aliphatic rings. The predicted octanol–water partition coefficient (Wildman–Crippen LogP) is 1.57. The van der Waals surface area contributed by atoms with Gasteiger partial charge in [0.15, 0.2) is 0 Å². The van der Waals surface area contributed by atoms with Crippen LogP contribution in [0, 0.1) is 0 Å². The normalized spacial score (nSPS) is 12.9. The Labute approximate surface area is 66.9 Å². The molecule has 1 rings (SSSR count). The molecule has 0 spiro atoms. The van der Waals surface area contributed by atoms with Crippen molar-refractivity contribution in [3.05, 3.63) is 30.1 Å². The SMILES string of the molecule is CC(CCO)c1ccncc1. The summed E-state index contributed by atoms with van der Waals surface area (Å²) < 4.78 is 0. The van der Waals surface area contributed by atoms with Crippen LogP contribution in [0.3, 0.4) is 0 Å². The largest absolute Gasteiger partial charge is 0.396 e. The summed E-state index contributed by atoms with van der Waals surface area (Å²) in [5, 5.41) is 8.68. The molecule has 0 aliphatic heterocycles. The second-order valence-electron chi connectivity index (χ2n) is 2.69. The van der Waals surface area contributed by atoms with Crippen LogP contribution in [0.2, 0.25) is 0 Å². The summed E-state index contributed by atoms with van der Waals surface area (Å²) in [7, 11) is 0. The summed E-state index contributed by atoms with van der Waals surface area (Å²) in [5.74, 6) is 0.433. The molecule has 0 saturated carbocycles. The molecule has 1 aromatic heterocycles. The Kier molecular flexibility index (Phi) is 3.05. The maximum atomic E-state index is 8.68. The lowest BCUT2D eigenvalue weighted by atomic mass is 10.00. The Hall–Kier alpha value is -0.890. The lowest BCUT2D eigenvalue weighted by Crippen LogP contribution is -1.96. The van der Waals surface area contributed by atoms with E-state index in [1.807, 2.05) is 12.1 Å². The van der Waals surface area contributed by atoms with E-state index in [-0.39, 0.29) is 6.61 Å². The van der Waals surface area contributed by atoms with E-state index in [4.69, 9.17) is 5.11 Å². The highest BCUT2D eigenvalue weighted by Crippen LogP contribution is 2.16. The van der Waals surface area contributed by atoms with Crippen molar-refractivity contribution in [3.8, 4) is 0 Å². The lowest BCUT2D eigenvalue weighted by molar-refractivity contribution is 0.278. The van der Waals surface area contributed by atoms with Crippen LogP contribution in [0.25, 0.3) is 0 Å². The number of pyridine rings is 1. The highest BCUT2D eigenvalue weighted by atomic mass is 16.3. The molecule has 0 aliphatic carbocycles. The molecule has 11 heavy (non-hydrogen) atoms. The minimum absolute atomic E-state index is 0.253. The zero-order valence-corrected chi connectivity index (χ0v) is 6.70. The fraction of sp³-hybridized carbons (Fsp3) is 0.444. The van der Waals surface area contributed by atoms with Crippen molar-refractivity contribution >= 4 is 0 Å². The van der Waals surface area contributed by atoms with Crippen LogP contribution in [-0.4, -0.2) is 16.7 Å². The van der Waals surface area contributed by atoms with Gasteiger partial charge in [-0.2, -0.15) is 0 Å². The molecule has 1 heterocycles. The number of aromatic nitrogens is 1. The number of aliphatic hydroxyl groups excluding tert-OH is 1. The third kappa shape index (κ3) is 2.31. The van der Waals surface area contributed by atoms with Gasteiger partial charge >= 0.3 is 0 Å². The summed E-state index contributed by atoms with van der Waals surface area (Å²) in [5.41, 5.74) is 1.24. The highest BCUT2D eigenvalue weighted by molar-refractivity contribution is 5.14. The van der Waals surface area contributed by atoms with E-state index in [1.54, 1.807) is 12.4 Å². The third-order valence-electron chi connectivity index (χ3n) is 1.84. The van der Waals surface area contributed by atoms with Gasteiger partial charge in [-0.3, -0.25) is 4.98 Å². The summed E-state index contributed by atoms with van der Waals surface area (Å²) in [6, 6.07) is 3.97. The van der Waals surface area contributed by atoms with Crippen LogP contribution in [0.15, 0.2) is 24.5 Å². The van der Waals surface area contributed by atoms with Crippen molar-refractivity contribution in [1.29, 1.82) is 0 Å². The Bertz CT molecular complexity index is 198. The van der Waals surface area contributed by atoms with Crippen molar-refractivity contribution in [2.24, 2.45) is 0 Å². The topological polar surface area (TPSA) is 33.1 Å². The van der Waals surface area contributed by atoms with Gasteiger partial charge in [0, 0.05) is 19.0 Å². The number of hydrogen-bond donors (Lipinski definition) is 1. The second-order valence-corrected chi connectivity index (χ2v) is 2.69. The lowest BCUT2D eigenvalue weighted by Gasteiger charge is -2.08. The number of nitrogens with zero attached hydrogens (tertiary/aromatic N) is 1. The van der Waals surface area contributed by atoms with E-state index in [0.717, 1.165) is 6.42 Å². The first-order valence-corrected chi connectivity index (χ1v) is 3.85. The molecule has 0 fully saturated rings. The molecule has 0 radical (unpaired) electrons. The van der Waals surface area contributed by atoms with Gasteiger partial charge in [0.25, 0.3) is 0 Å².